The van der Waals surface area contributed by atoms with Crippen LogP contribution >= 0.6 is 0 Å². The Morgan fingerprint density at radius 3 is 2.89 bits per heavy atom. The lowest BCUT2D eigenvalue weighted by Gasteiger charge is -2.10. The Bertz CT molecular complexity index is 1130. The molecule has 0 aliphatic rings. The molecule has 0 atom stereocenters. The molecule has 1 N–H and O–H groups in total. The number of benzene rings is 1. The summed E-state index contributed by atoms with van der Waals surface area (Å²) in [5.41, 5.74) is 2.58. The Morgan fingerprint density at radius 1 is 1.15 bits per heavy atom. The third-order valence-corrected chi connectivity index (χ3v) is 4.17. The topological polar surface area (TPSA) is 79.4 Å². The van der Waals surface area contributed by atoms with Gasteiger partial charge >= 0.3 is 0 Å². The van der Waals surface area contributed by atoms with Crippen LogP contribution in [0.4, 0.5) is 10.1 Å². The zero-order valence-electron chi connectivity index (χ0n) is 14.3. The van der Waals surface area contributed by atoms with Crippen molar-refractivity contribution in [2.24, 2.45) is 0 Å². The summed E-state index contributed by atoms with van der Waals surface area (Å²) in [6.45, 7) is 0.553. The Balaban J connectivity index is 1.66. The maximum absolute atomic E-state index is 13.8. The lowest BCUT2D eigenvalue weighted by molar-refractivity contribution is 0.629. The van der Waals surface area contributed by atoms with E-state index in [1.165, 1.54) is 18.3 Å². The molecule has 0 amide bonds. The largest absolute Gasteiger partial charge is 0.383 e. The van der Waals surface area contributed by atoms with Gasteiger partial charge in [0, 0.05) is 37.6 Å². The van der Waals surface area contributed by atoms with Gasteiger partial charge in [0.15, 0.2) is 0 Å². The van der Waals surface area contributed by atoms with E-state index in [0.717, 1.165) is 11.5 Å². The van der Waals surface area contributed by atoms with Crippen molar-refractivity contribution >= 4 is 16.7 Å². The number of pyridine rings is 2. The van der Waals surface area contributed by atoms with Crippen LogP contribution in [0.1, 0.15) is 11.4 Å². The van der Waals surface area contributed by atoms with E-state index in [-0.39, 0.29) is 5.82 Å². The van der Waals surface area contributed by atoms with E-state index in [1.54, 1.807) is 24.5 Å². The SMILES string of the molecule is N#Cc1cnccc1NCCc1nc2ccc(F)cc2n1-c1ccccn1. The molecule has 4 rings (SSSR count). The predicted molar refractivity (Wildman–Crippen MR) is 100.0 cm³/mol. The molecular weight excluding hydrogens is 343 g/mol. The first-order valence-electron chi connectivity index (χ1n) is 8.42. The van der Waals surface area contributed by atoms with Crippen LogP contribution in [0.25, 0.3) is 16.9 Å². The Labute approximate surface area is 155 Å². The van der Waals surface area contributed by atoms with Crippen molar-refractivity contribution in [3.05, 3.63) is 78.3 Å². The quantitative estimate of drug-likeness (QED) is 0.591. The monoisotopic (exact) mass is 358 g/mol. The zero-order valence-corrected chi connectivity index (χ0v) is 14.3. The van der Waals surface area contributed by atoms with Crippen LogP contribution in [-0.4, -0.2) is 26.1 Å². The van der Waals surface area contributed by atoms with Crippen LogP contribution in [0.5, 0.6) is 0 Å². The molecule has 3 aromatic heterocycles. The van der Waals surface area contributed by atoms with Gasteiger partial charge in [0.05, 0.1) is 22.3 Å². The number of nitriles is 1. The second-order valence-electron chi connectivity index (χ2n) is 5.89. The molecule has 132 valence electrons. The van der Waals surface area contributed by atoms with E-state index in [9.17, 15) is 4.39 Å². The number of halogens is 1. The van der Waals surface area contributed by atoms with Gasteiger partial charge in [-0.05, 0) is 30.3 Å². The molecule has 0 fully saturated rings. The number of hydrogen-bond donors (Lipinski definition) is 1. The van der Waals surface area contributed by atoms with E-state index in [4.69, 9.17) is 5.26 Å². The summed E-state index contributed by atoms with van der Waals surface area (Å²) < 4.78 is 15.6. The van der Waals surface area contributed by atoms with Crippen molar-refractivity contribution in [3.8, 4) is 11.9 Å². The molecular formula is C20H15FN6. The molecule has 7 heteroatoms. The van der Waals surface area contributed by atoms with Crippen LogP contribution in [0.15, 0.2) is 61.1 Å². The highest BCUT2D eigenvalue weighted by atomic mass is 19.1. The fourth-order valence-corrected chi connectivity index (χ4v) is 2.95. The summed E-state index contributed by atoms with van der Waals surface area (Å²) in [6, 6.07) is 14.0. The second-order valence-corrected chi connectivity index (χ2v) is 5.89. The number of hydrogen-bond acceptors (Lipinski definition) is 5. The number of nitrogens with one attached hydrogen (secondary N) is 1. The van der Waals surface area contributed by atoms with Gasteiger partial charge in [0.1, 0.15) is 23.5 Å². The van der Waals surface area contributed by atoms with Crippen molar-refractivity contribution in [2.45, 2.75) is 6.42 Å². The molecule has 27 heavy (non-hydrogen) atoms. The van der Waals surface area contributed by atoms with Gasteiger partial charge in [-0.3, -0.25) is 9.55 Å². The average molecular weight is 358 g/mol. The minimum atomic E-state index is -0.320. The van der Waals surface area contributed by atoms with Crippen molar-refractivity contribution in [1.29, 1.82) is 5.26 Å². The second kappa shape index (κ2) is 7.22. The lowest BCUT2D eigenvalue weighted by Crippen LogP contribution is -2.11. The molecule has 6 nitrogen and oxygen atoms in total. The van der Waals surface area contributed by atoms with Crippen LogP contribution < -0.4 is 5.32 Å². The van der Waals surface area contributed by atoms with Gasteiger partial charge in [0.2, 0.25) is 0 Å². The molecule has 3 heterocycles. The predicted octanol–water partition coefficient (Wildman–Crippen LogP) is 3.48. The molecule has 4 aromatic rings. The zero-order chi connectivity index (χ0) is 18.6. The van der Waals surface area contributed by atoms with E-state index >= 15 is 0 Å². The van der Waals surface area contributed by atoms with Crippen LogP contribution in [0.3, 0.4) is 0 Å². The van der Waals surface area contributed by atoms with Crippen LogP contribution in [0, 0.1) is 17.1 Å². The number of imidazole rings is 1. The molecule has 0 aliphatic heterocycles. The highest BCUT2D eigenvalue weighted by Gasteiger charge is 2.14. The minimum absolute atomic E-state index is 0.320. The summed E-state index contributed by atoms with van der Waals surface area (Å²) >= 11 is 0. The average Bonchev–Trinajstić information content (AvgIpc) is 3.06. The maximum atomic E-state index is 13.8. The van der Waals surface area contributed by atoms with Crippen LogP contribution in [-0.2, 0) is 6.42 Å². The van der Waals surface area contributed by atoms with Gasteiger partial charge in [-0.2, -0.15) is 5.26 Å². The summed E-state index contributed by atoms with van der Waals surface area (Å²) in [5.74, 6) is 1.12. The molecule has 0 bridgehead atoms. The van der Waals surface area contributed by atoms with Gasteiger partial charge in [-0.25, -0.2) is 14.4 Å². The molecule has 0 saturated carbocycles. The Kier molecular flexibility index (Phi) is 4.45. The first-order valence-corrected chi connectivity index (χ1v) is 8.42. The molecule has 0 radical (unpaired) electrons. The molecule has 0 saturated heterocycles. The van der Waals surface area contributed by atoms with Crippen molar-refractivity contribution in [2.75, 3.05) is 11.9 Å². The summed E-state index contributed by atoms with van der Waals surface area (Å²) in [4.78, 5) is 13.0. The van der Waals surface area contributed by atoms with E-state index in [1.807, 2.05) is 22.8 Å². The number of anilines is 1. The van der Waals surface area contributed by atoms with Crippen molar-refractivity contribution < 1.29 is 4.39 Å². The summed E-state index contributed by atoms with van der Waals surface area (Å²) in [7, 11) is 0. The summed E-state index contributed by atoms with van der Waals surface area (Å²) in [6.07, 6.45) is 5.42. The van der Waals surface area contributed by atoms with Gasteiger partial charge in [-0.15, -0.1) is 0 Å². The normalized spacial score (nSPS) is 10.7. The molecule has 0 aliphatic carbocycles. The third-order valence-electron chi connectivity index (χ3n) is 4.17. The minimum Gasteiger partial charge on any atom is -0.383 e. The van der Waals surface area contributed by atoms with Crippen LogP contribution in [0.2, 0.25) is 0 Å². The van der Waals surface area contributed by atoms with Gasteiger partial charge in [0.25, 0.3) is 0 Å². The van der Waals surface area contributed by atoms with E-state index in [0.29, 0.717) is 35.4 Å². The number of nitrogens with zero attached hydrogens (tertiary/aromatic N) is 5. The fraction of sp³-hybridized carbons (Fsp3) is 0.100. The lowest BCUT2D eigenvalue weighted by atomic mass is 10.2. The Morgan fingerprint density at radius 2 is 2.07 bits per heavy atom. The van der Waals surface area contributed by atoms with Crippen molar-refractivity contribution in [1.82, 2.24) is 19.5 Å². The molecule has 1 aromatic carbocycles. The summed E-state index contributed by atoms with van der Waals surface area (Å²) in [5, 5.41) is 12.4. The van der Waals surface area contributed by atoms with Gasteiger partial charge in [-0.1, -0.05) is 6.07 Å². The number of aromatic nitrogens is 4. The van der Waals surface area contributed by atoms with E-state index < -0.39 is 0 Å². The van der Waals surface area contributed by atoms with Crippen molar-refractivity contribution in [3.63, 3.8) is 0 Å². The third kappa shape index (κ3) is 3.33. The number of fused-ring (bicyclic) bond motifs is 1. The highest BCUT2D eigenvalue weighted by Crippen LogP contribution is 2.22. The Hall–Kier alpha value is -3.79. The molecule has 0 unspecified atom stereocenters. The first-order chi connectivity index (χ1) is 13.3. The van der Waals surface area contributed by atoms with E-state index in [2.05, 4.69) is 26.3 Å². The first kappa shape index (κ1) is 16.7. The number of rotatable bonds is 5. The molecule has 0 spiro atoms. The highest BCUT2D eigenvalue weighted by molar-refractivity contribution is 5.78. The standard InChI is InChI=1S/C20H15FN6/c21-15-4-5-17-18(11-15)27(19-3-1-2-8-25-19)20(26-17)7-10-24-16-6-9-23-13-14(16)12-22/h1-6,8-9,11,13H,7,10H2,(H,23,24). The fourth-order valence-electron chi connectivity index (χ4n) is 2.95. The smallest absolute Gasteiger partial charge is 0.138 e. The van der Waals surface area contributed by atoms with Gasteiger partial charge < -0.3 is 5.32 Å². The maximum Gasteiger partial charge on any atom is 0.138 e.